The third kappa shape index (κ3) is 3.89. The smallest absolute Gasteiger partial charge is 0.138 e. The lowest BCUT2D eigenvalue weighted by atomic mass is 9.95. The van der Waals surface area contributed by atoms with Crippen molar-refractivity contribution < 1.29 is 9.84 Å². The zero-order chi connectivity index (χ0) is 17.9. The molecule has 0 amide bonds. The van der Waals surface area contributed by atoms with Gasteiger partial charge < -0.3 is 15.2 Å². The second kappa shape index (κ2) is 7.48. The third-order valence-electron chi connectivity index (χ3n) is 4.63. The lowest BCUT2D eigenvalue weighted by Crippen LogP contribution is -2.28. The van der Waals surface area contributed by atoms with E-state index in [0.717, 1.165) is 47.3 Å². The molecule has 0 radical (unpaired) electrons. The maximum Gasteiger partial charge on any atom is 0.138 e. The van der Waals surface area contributed by atoms with Crippen molar-refractivity contribution in [2.75, 3.05) is 5.32 Å². The van der Waals surface area contributed by atoms with E-state index in [9.17, 15) is 5.11 Å². The van der Waals surface area contributed by atoms with Gasteiger partial charge in [-0.2, -0.15) is 0 Å². The Labute approximate surface area is 157 Å². The molecule has 0 bridgehead atoms. The summed E-state index contributed by atoms with van der Waals surface area (Å²) in [6, 6.07) is 11.5. The Bertz CT molecular complexity index is 901. The number of aliphatic hydroxyl groups is 1. The fraction of sp³-hybridized carbons (Fsp3) is 0.300. The fourth-order valence-corrected chi connectivity index (χ4v) is 3.45. The highest BCUT2D eigenvalue weighted by molar-refractivity contribution is 6.29. The van der Waals surface area contributed by atoms with Crippen LogP contribution in [-0.2, 0) is 0 Å². The predicted molar refractivity (Wildman–Crippen MR) is 103 cm³/mol. The number of ether oxygens (including phenoxy) is 1. The SMILES string of the molecule is OC1CCCC(Oc2ccc3c(Nc4ccc(Cl)nc4)nccc3c2)C1. The Hall–Kier alpha value is -2.37. The number of anilines is 2. The molecule has 1 saturated carbocycles. The van der Waals surface area contributed by atoms with Gasteiger partial charge in [-0.3, -0.25) is 0 Å². The second-order valence-electron chi connectivity index (χ2n) is 6.60. The lowest BCUT2D eigenvalue weighted by molar-refractivity contribution is 0.0537. The molecule has 0 aliphatic heterocycles. The molecule has 1 aliphatic carbocycles. The molecule has 134 valence electrons. The number of nitrogens with one attached hydrogen (secondary N) is 1. The number of aromatic nitrogens is 2. The van der Waals surface area contributed by atoms with Gasteiger partial charge in [0.2, 0.25) is 0 Å². The van der Waals surface area contributed by atoms with E-state index in [1.54, 1.807) is 18.5 Å². The van der Waals surface area contributed by atoms with Crippen LogP contribution in [0.2, 0.25) is 5.15 Å². The molecule has 26 heavy (non-hydrogen) atoms. The van der Waals surface area contributed by atoms with Crippen LogP contribution in [0.25, 0.3) is 10.8 Å². The van der Waals surface area contributed by atoms with E-state index in [1.807, 2.05) is 30.3 Å². The van der Waals surface area contributed by atoms with Crippen LogP contribution >= 0.6 is 11.6 Å². The number of aliphatic hydroxyl groups excluding tert-OH is 1. The van der Waals surface area contributed by atoms with Crippen molar-refractivity contribution in [1.82, 2.24) is 9.97 Å². The summed E-state index contributed by atoms with van der Waals surface area (Å²) < 4.78 is 6.08. The Morgan fingerprint density at radius 3 is 2.85 bits per heavy atom. The minimum Gasteiger partial charge on any atom is -0.490 e. The maximum atomic E-state index is 9.81. The number of benzene rings is 1. The van der Waals surface area contributed by atoms with Gasteiger partial charge in [-0.05, 0) is 61.0 Å². The van der Waals surface area contributed by atoms with Crippen molar-refractivity contribution in [2.45, 2.75) is 37.9 Å². The molecule has 1 aliphatic rings. The summed E-state index contributed by atoms with van der Waals surface area (Å²) in [5, 5.41) is 15.6. The molecule has 1 aromatic carbocycles. The first kappa shape index (κ1) is 17.1. The van der Waals surface area contributed by atoms with Crippen molar-refractivity contribution in [3.8, 4) is 5.75 Å². The summed E-state index contributed by atoms with van der Waals surface area (Å²) in [5.41, 5.74) is 0.825. The van der Waals surface area contributed by atoms with Gasteiger partial charge in [-0.1, -0.05) is 11.6 Å². The summed E-state index contributed by atoms with van der Waals surface area (Å²) in [4.78, 5) is 8.51. The Balaban J connectivity index is 1.56. The van der Waals surface area contributed by atoms with Gasteiger partial charge >= 0.3 is 0 Å². The van der Waals surface area contributed by atoms with Crippen LogP contribution in [0.1, 0.15) is 25.7 Å². The van der Waals surface area contributed by atoms with Crippen molar-refractivity contribution in [3.05, 3.63) is 53.9 Å². The first-order valence-corrected chi connectivity index (χ1v) is 9.17. The first-order chi connectivity index (χ1) is 12.7. The molecule has 1 fully saturated rings. The van der Waals surface area contributed by atoms with E-state index in [2.05, 4.69) is 15.3 Å². The van der Waals surface area contributed by atoms with Gasteiger partial charge in [0.05, 0.1) is 18.0 Å². The average Bonchev–Trinajstić information content (AvgIpc) is 2.64. The van der Waals surface area contributed by atoms with Crippen LogP contribution in [-0.4, -0.2) is 27.3 Å². The molecule has 4 rings (SSSR count). The van der Waals surface area contributed by atoms with Crippen LogP contribution in [0, 0.1) is 0 Å². The zero-order valence-electron chi connectivity index (χ0n) is 14.2. The predicted octanol–water partition coefficient (Wildman–Crippen LogP) is 4.71. The van der Waals surface area contributed by atoms with Gasteiger partial charge in [0.1, 0.15) is 22.8 Å². The first-order valence-electron chi connectivity index (χ1n) is 8.79. The largest absolute Gasteiger partial charge is 0.490 e. The van der Waals surface area contributed by atoms with Gasteiger partial charge in [-0.15, -0.1) is 0 Å². The highest BCUT2D eigenvalue weighted by Crippen LogP contribution is 2.30. The van der Waals surface area contributed by atoms with Crippen molar-refractivity contribution in [1.29, 1.82) is 0 Å². The number of hydrogen-bond acceptors (Lipinski definition) is 5. The number of pyridine rings is 2. The minimum absolute atomic E-state index is 0.0794. The second-order valence-corrected chi connectivity index (χ2v) is 6.98. The highest BCUT2D eigenvalue weighted by atomic mass is 35.5. The van der Waals surface area contributed by atoms with E-state index in [0.29, 0.717) is 11.6 Å². The van der Waals surface area contributed by atoms with E-state index in [1.165, 1.54) is 0 Å². The van der Waals surface area contributed by atoms with Gasteiger partial charge in [0.15, 0.2) is 0 Å². The van der Waals surface area contributed by atoms with E-state index >= 15 is 0 Å². The van der Waals surface area contributed by atoms with Crippen molar-refractivity contribution >= 4 is 33.9 Å². The van der Waals surface area contributed by atoms with Crippen LogP contribution in [0.4, 0.5) is 11.5 Å². The standard InChI is InChI=1S/C20H20ClN3O2/c21-19-7-4-14(12-23-19)24-20-18-6-5-17(10-13(18)8-9-22-20)26-16-3-1-2-15(25)11-16/h4-10,12,15-16,25H,1-3,11H2,(H,22,24). The Morgan fingerprint density at radius 1 is 1.12 bits per heavy atom. The molecule has 0 spiro atoms. The molecule has 2 atom stereocenters. The van der Waals surface area contributed by atoms with Crippen molar-refractivity contribution in [3.63, 3.8) is 0 Å². The number of rotatable bonds is 4. The van der Waals surface area contributed by atoms with E-state index in [4.69, 9.17) is 16.3 Å². The summed E-state index contributed by atoms with van der Waals surface area (Å²) in [7, 11) is 0. The molecule has 2 unspecified atom stereocenters. The van der Waals surface area contributed by atoms with E-state index < -0.39 is 0 Å². The zero-order valence-corrected chi connectivity index (χ0v) is 15.0. The van der Waals surface area contributed by atoms with Crippen LogP contribution in [0.15, 0.2) is 48.8 Å². The number of nitrogens with zero attached hydrogens (tertiary/aromatic N) is 2. The topological polar surface area (TPSA) is 67.3 Å². The molecule has 6 heteroatoms. The average molecular weight is 370 g/mol. The maximum absolute atomic E-state index is 9.81. The van der Waals surface area contributed by atoms with Gasteiger partial charge in [0, 0.05) is 18.0 Å². The Kier molecular flexibility index (Phi) is 4.91. The summed E-state index contributed by atoms with van der Waals surface area (Å²) >= 11 is 5.83. The quantitative estimate of drug-likeness (QED) is 0.652. The van der Waals surface area contributed by atoms with Crippen LogP contribution in [0.3, 0.4) is 0 Å². The molecular weight excluding hydrogens is 350 g/mol. The molecule has 2 N–H and O–H groups in total. The van der Waals surface area contributed by atoms with Crippen molar-refractivity contribution in [2.24, 2.45) is 0 Å². The summed E-state index contributed by atoms with van der Waals surface area (Å²) in [5.74, 6) is 1.58. The number of halogens is 1. The van der Waals surface area contributed by atoms with Gasteiger partial charge in [-0.25, -0.2) is 9.97 Å². The van der Waals surface area contributed by atoms with E-state index in [-0.39, 0.29) is 12.2 Å². The van der Waals surface area contributed by atoms with Crippen LogP contribution in [0.5, 0.6) is 5.75 Å². The summed E-state index contributed by atoms with van der Waals surface area (Å²) in [6.07, 6.45) is 6.84. The molecule has 0 saturated heterocycles. The van der Waals surface area contributed by atoms with Crippen LogP contribution < -0.4 is 10.1 Å². The fourth-order valence-electron chi connectivity index (χ4n) is 3.34. The third-order valence-corrected chi connectivity index (χ3v) is 4.85. The highest BCUT2D eigenvalue weighted by Gasteiger charge is 2.21. The monoisotopic (exact) mass is 369 g/mol. The number of fused-ring (bicyclic) bond motifs is 1. The minimum atomic E-state index is -0.248. The molecule has 2 aromatic heterocycles. The molecule has 5 nitrogen and oxygen atoms in total. The van der Waals surface area contributed by atoms with Gasteiger partial charge in [0.25, 0.3) is 0 Å². The summed E-state index contributed by atoms with van der Waals surface area (Å²) in [6.45, 7) is 0. The lowest BCUT2D eigenvalue weighted by Gasteiger charge is -2.26. The molecule has 3 aromatic rings. The molecule has 2 heterocycles. The number of hydrogen-bond donors (Lipinski definition) is 2. The molecular formula is C20H20ClN3O2. The Morgan fingerprint density at radius 2 is 2.04 bits per heavy atom. The normalized spacial score (nSPS) is 20.1.